The van der Waals surface area contributed by atoms with Gasteiger partial charge in [0.1, 0.15) is 18.5 Å². The highest BCUT2D eigenvalue weighted by Crippen LogP contribution is 2.25. The number of carbonyl (C=O) groups excluding carboxylic acids is 3. The Labute approximate surface area is 232 Å². The van der Waals surface area contributed by atoms with E-state index in [-0.39, 0.29) is 18.8 Å². The molecule has 0 aliphatic heterocycles. The summed E-state index contributed by atoms with van der Waals surface area (Å²) in [6, 6.07) is 22.4. The van der Waals surface area contributed by atoms with Crippen LogP contribution in [-0.2, 0) is 27.3 Å². The third kappa shape index (κ3) is 9.06. The smallest absolute Gasteiger partial charge is 0.408 e. The van der Waals surface area contributed by atoms with Crippen LogP contribution in [0.1, 0.15) is 40.0 Å². The number of hydrogen-bond acceptors (Lipinski definition) is 6. The van der Waals surface area contributed by atoms with E-state index < -0.39 is 41.8 Å². The molecule has 210 valence electrons. The molecule has 3 atom stereocenters. The molecular weight excluding hydrogens is 515 g/mol. The first-order valence-corrected chi connectivity index (χ1v) is 12.8. The van der Waals surface area contributed by atoms with Gasteiger partial charge < -0.3 is 25.2 Å². The quantitative estimate of drug-likeness (QED) is 0.284. The molecule has 0 aliphatic carbocycles. The van der Waals surface area contributed by atoms with Crippen molar-refractivity contribution in [3.8, 4) is 0 Å². The summed E-state index contributed by atoms with van der Waals surface area (Å²) in [6.07, 6.45) is 0.643. The maximum Gasteiger partial charge on any atom is 0.408 e. The fraction of sp³-hybridized carbons (Fsp3) is 0.258. The molecule has 0 saturated heterocycles. The van der Waals surface area contributed by atoms with Gasteiger partial charge in [0.2, 0.25) is 5.91 Å². The van der Waals surface area contributed by atoms with Gasteiger partial charge in [-0.05, 0) is 48.2 Å². The Bertz CT molecular complexity index is 1280. The highest BCUT2D eigenvalue weighted by molar-refractivity contribution is 5.89. The van der Waals surface area contributed by atoms with Crippen molar-refractivity contribution in [3.05, 3.63) is 119 Å². The molecule has 8 nitrogen and oxygen atoms in total. The summed E-state index contributed by atoms with van der Waals surface area (Å²) < 4.78 is 25.6. The van der Waals surface area contributed by atoms with Gasteiger partial charge in [0.15, 0.2) is 0 Å². The average molecular weight is 549 g/mol. The van der Waals surface area contributed by atoms with Crippen LogP contribution in [0.2, 0.25) is 0 Å². The molecule has 0 aromatic heterocycles. The highest BCUT2D eigenvalue weighted by atomic mass is 19.1. The standard InChI is InChI=1S/C31H33FN2O6/c1-21(29(36)33-26(19-35)18-22-9-5-3-6-10-22)17-27(32)28(24-13-15-25(16-14-24)30(37)39-2)34-31(38)40-20-23-11-7-4-8-12-23/h3-17,21,26,28,35H,18-20H2,1-2H3,(H,33,36)(H,34,38)/b27-17-/t21-,26-,28?/m1/s1. The van der Waals surface area contributed by atoms with Gasteiger partial charge in [0.05, 0.1) is 31.2 Å². The zero-order valence-corrected chi connectivity index (χ0v) is 22.4. The lowest BCUT2D eigenvalue weighted by molar-refractivity contribution is -0.124. The molecule has 0 radical (unpaired) electrons. The minimum absolute atomic E-state index is 0.0191. The van der Waals surface area contributed by atoms with Gasteiger partial charge in [-0.3, -0.25) is 4.79 Å². The largest absolute Gasteiger partial charge is 0.465 e. The Morgan fingerprint density at radius 2 is 1.50 bits per heavy atom. The van der Waals surface area contributed by atoms with Gasteiger partial charge in [-0.15, -0.1) is 0 Å². The van der Waals surface area contributed by atoms with Gasteiger partial charge in [0.25, 0.3) is 0 Å². The first-order chi connectivity index (χ1) is 19.3. The number of halogens is 1. The Balaban J connectivity index is 1.74. The fourth-order valence-corrected chi connectivity index (χ4v) is 3.93. The van der Waals surface area contributed by atoms with Gasteiger partial charge in [-0.25, -0.2) is 14.0 Å². The van der Waals surface area contributed by atoms with Crippen LogP contribution in [0.25, 0.3) is 0 Å². The lowest BCUT2D eigenvalue weighted by atomic mass is 10.0. The number of nitrogens with one attached hydrogen (secondary N) is 2. The molecule has 0 heterocycles. The number of aliphatic hydroxyl groups excluding tert-OH is 1. The van der Waals surface area contributed by atoms with Crippen LogP contribution in [0, 0.1) is 5.92 Å². The summed E-state index contributed by atoms with van der Waals surface area (Å²) >= 11 is 0. The molecule has 2 amide bonds. The predicted octanol–water partition coefficient (Wildman–Crippen LogP) is 4.65. The molecule has 0 spiro atoms. The summed E-state index contributed by atoms with van der Waals surface area (Å²) in [5.41, 5.74) is 2.27. The maximum absolute atomic E-state index is 15.6. The molecule has 3 rings (SSSR count). The molecule has 3 aromatic carbocycles. The number of methoxy groups -OCH3 is 1. The van der Waals surface area contributed by atoms with E-state index in [1.54, 1.807) is 24.3 Å². The SMILES string of the molecule is COC(=O)c1ccc(C(NC(=O)OCc2ccccc2)/C(F)=C/[C@@H](C)C(=O)N[C@@H](CO)Cc2ccccc2)cc1. The van der Waals surface area contributed by atoms with Crippen molar-refractivity contribution in [1.29, 1.82) is 0 Å². The second kappa shape index (κ2) is 15.2. The third-order valence-electron chi connectivity index (χ3n) is 6.13. The zero-order chi connectivity index (χ0) is 28.9. The molecule has 0 aliphatic rings. The number of aliphatic hydroxyl groups is 1. The maximum atomic E-state index is 15.6. The van der Waals surface area contributed by atoms with Crippen LogP contribution < -0.4 is 10.6 Å². The normalized spacial score (nSPS) is 13.4. The lowest BCUT2D eigenvalue weighted by Crippen LogP contribution is -2.41. The second-order valence-corrected chi connectivity index (χ2v) is 9.17. The van der Waals surface area contributed by atoms with Crippen molar-refractivity contribution in [2.24, 2.45) is 5.92 Å². The Kier molecular flexibility index (Phi) is 11.4. The minimum atomic E-state index is -1.29. The number of carbonyl (C=O) groups is 3. The molecule has 40 heavy (non-hydrogen) atoms. The molecule has 0 fully saturated rings. The second-order valence-electron chi connectivity index (χ2n) is 9.17. The molecule has 9 heteroatoms. The van der Waals surface area contributed by atoms with E-state index in [0.29, 0.717) is 12.0 Å². The van der Waals surface area contributed by atoms with Crippen molar-refractivity contribution in [2.75, 3.05) is 13.7 Å². The number of amides is 2. The van der Waals surface area contributed by atoms with E-state index in [1.807, 2.05) is 36.4 Å². The van der Waals surface area contributed by atoms with Crippen molar-refractivity contribution in [3.63, 3.8) is 0 Å². The molecular formula is C31H33FN2O6. The number of esters is 1. The molecule has 1 unspecified atom stereocenters. The molecule has 3 N–H and O–H groups in total. The number of benzene rings is 3. The molecule has 0 bridgehead atoms. The van der Waals surface area contributed by atoms with E-state index in [1.165, 1.54) is 38.3 Å². The van der Waals surface area contributed by atoms with Crippen LogP contribution in [-0.4, -0.2) is 42.8 Å². The third-order valence-corrected chi connectivity index (χ3v) is 6.13. The average Bonchev–Trinajstić information content (AvgIpc) is 2.99. The number of rotatable bonds is 12. The van der Waals surface area contributed by atoms with E-state index in [0.717, 1.165) is 17.2 Å². The monoisotopic (exact) mass is 548 g/mol. The Morgan fingerprint density at radius 3 is 2.08 bits per heavy atom. The summed E-state index contributed by atoms with van der Waals surface area (Å²) in [4.78, 5) is 37.2. The van der Waals surface area contributed by atoms with Crippen molar-refractivity contribution < 1.29 is 33.4 Å². The summed E-state index contributed by atoms with van der Waals surface area (Å²) in [6.45, 7) is 1.20. The zero-order valence-electron chi connectivity index (χ0n) is 22.4. The van der Waals surface area contributed by atoms with Gasteiger partial charge in [-0.1, -0.05) is 72.8 Å². The fourth-order valence-electron chi connectivity index (χ4n) is 3.93. The Hall–Kier alpha value is -4.50. The van der Waals surface area contributed by atoms with E-state index in [4.69, 9.17) is 9.47 Å². The van der Waals surface area contributed by atoms with Crippen molar-refractivity contribution in [1.82, 2.24) is 10.6 Å². The Morgan fingerprint density at radius 1 is 0.900 bits per heavy atom. The van der Waals surface area contributed by atoms with Gasteiger partial charge in [-0.2, -0.15) is 0 Å². The lowest BCUT2D eigenvalue weighted by Gasteiger charge is -2.20. The van der Waals surface area contributed by atoms with Crippen molar-refractivity contribution >= 4 is 18.0 Å². The topological polar surface area (TPSA) is 114 Å². The minimum Gasteiger partial charge on any atom is -0.465 e. The molecule has 0 saturated carbocycles. The summed E-state index contributed by atoms with van der Waals surface area (Å²) in [7, 11) is 1.25. The first kappa shape index (κ1) is 30.0. The first-order valence-electron chi connectivity index (χ1n) is 12.8. The van der Waals surface area contributed by atoms with Crippen LogP contribution in [0.15, 0.2) is 96.8 Å². The van der Waals surface area contributed by atoms with E-state index in [9.17, 15) is 19.5 Å². The van der Waals surface area contributed by atoms with E-state index >= 15 is 4.39 Å². The highest BCUT2D eigenvalue weighted by Gasteiger charge is 2.24. The number of ether oxygens (including phenoxy) is 2. The van der Waals surface area contributed by atoms with Gasteiger partial charge in [0, 0.05) is 0 Å². The van der Waals surface area contributed by atoms with Crippen LogP contribution in [0.4, 0.5) is 9.18 Å². The van der Waals surface area contributed by atoms with Crippen molar-refractivity contribution in [2.45, 2.75) is 32.0 Å². The van der Waals surface area contributed by atoms with Crippen LogP contribution in [0.3, 0.4) is 0 Å². The van der Waals surface area contributed by atoms with Gasteiger partial charge >= 0.3 is 12.1 Å². The summed E-state index contributed by atoms with van der Waals surface area (Å²) in [5, 5.41) is 15.0. The number of alkyl carbamates (subject to hydrolysis) is 1. The van der Waals surface area contributed by atoms with E-state index in [2.05, 4.69) is 10.6 Å². The molecule has 3 aromatic rings. The predicted molar refractivity (Wildman–Crippen MR) is 148 cm³/mol. The number of hydrogen-bond donors (Lipinski definition) is 3. The van der Waals surface area contributed by atoms with Crippen LogP contribution >= 0.6 is 0 Å². The summed E-state index contributed by atoms with van der Waals surface area (Å²) in [5.74, 6) is -2.78. The van der Waals surface area contributed by atoms with Crippen LogP contribution in [0.5, 0.6) is 0 Å².